The van der Waals surface area contributed by atoms with E-state index in [1.165, 1.54) is 12.8 Å². The first kappa shape index (κ1) is 17.3. The van der Waals surface area contributed by atoms with Crippen LogP contribution >= 0.6 is 0 Å². The fourth-order valence-electron chi connectivity index (χ4n) is 2.73. The molecule has 0 bridgehead atoms. The molecule has 1 rings (SSSR count). The minimum Gasteiger partial charge on any atom is -0.465 e. The summed E-state index contributed by atoms with van der Waals surface area (Å²) >= 11 is 0. The van der Waals surface area contributed by atoms with E-state index in [4.69, 9.17) is 10.2 Å². The Bertz CT molecular complexity index is 379. The molecule has 1 unspecified atom stereocenters. The minimum atomic E-state index is 0.357. The van der Waals surface area contributed by atoms with Crippen molar-refractivity contribution in [3.63, 3.8) is 0 Å². The molecule has 0 aliphatic rings. The molecule has 3 nitrogen and oxygen atoms in total. The lowest BCUT2D eigenvalue weighted by molar-refractivity contribution is 0.197. The predicted octanol–water partition coefficient (Wildman–Crippen LogP) is 3.81. The van der Waals surface area contributed by atoms with Crippen LogP contribution in [0.4, 0.5) is 0 Å². The molecule has 0 saturated heterocycles. The standard InChI is InChI=1S/C17H32N2O/c1-14-8-9-16(20-14)13-19(5)12-6-7-15(10-11-18)17(2,3)4/h8-9,15H,6-7,10-13,18H2,1-5H3. The van der Waals surface area contributed by atoms with E-state index < -0.39 is 0 Å². The van der Waals surface area contributed by atoms with Gasteiger partial charge in [0.25, 0.3) is 0 Å². The van der Waals surface area contributed by atoms with E-state index in [0.717, 1.165) is 37.6 Å². The van der Waals surface area contributed by atoms with Crippen LogP contribution < -0.4 is 5.73 Å². The maximum atomic E-state index is 5.74. The number of hydrogen-bond donors (Lipinski definition) is 1. The third-order valence-electron chi connectivity index (χ3n) is 4.05. The van der Waals surface area contributed by atoms with E-state index >= 15 is 0 Å². The van der Waals surface area contributed by atoms with Gasteiger partial charge in [-0.15, -0.1) is 0 Å². The first-order valence-electron chi connectivity index (χ1n) is 7.77. The number of nitrogens with two attached hydrogens (primary N) is 1. The molecule has 0 spiro atoms. The Labute approximate surface area is 124 Å². The van der Waals surface area contributed by atoms with E-state index in [2.05, 4.69) is 38.8 Å². The van der Waals surface area contributed by atoms with Crippen molar-refractivity contribution >= 4 is 0 Å². The molecular weight excluding hydrogens is 248 g/mol. The first-order chi connectivity index (χ1) is 9.32. The number of nitrogens with zero attached hydrogens (tertiary/aromatic N) is 1. The molecule has 20 heavy (non-hydrogen) atoms. The fraction of sp³-hybridized carbons (Fsp3) is 0.765. The Balaban J connectivity index is 2.31. The second kappa shape index (κ2) is 7.84. The highest BCUT2D eigenvalue weighted by molar-refractivity contribution is 5.05. The molecule has 2 N–H and O–H groups in total. The van der Waals surface area contributed by atoms with Crippen molar-refractivity contribution in [1.29, 1.82) is 0 Å². The summed E-state index contributed by atoms with van der Waals surface area (Å²) in [5, 5.41) is 0. The van der Waals surface area contributed by atoms with Gasteiger partial charge in [-0.1, -0.05) is 20.8 Å². The number of hydrogen-bond acceptors (Lipinski definition) is 3. The van der Waals surface area contributed by atoms with Crippen molar-refractivity contribution < 1.29 is 4.42 Å². The number of rotatable bonds is 8. The van der Waals surface area contributed by atoms with Gasteiger partial charge in [0.05, 0.1) is 6.54 Å². The third kappa shape index (κ3) is 6.10. The van der Waals surface area contributed by atoms with Gasteiger partial charge in [0.1, 0.15) is 11.5 Å². The zero-order chi connectivity index (χ0) is 15.2. The maximum Gasteiger partial charge on any atom is 0.118 e. The SMILES string of the molecule is Cc1ccc(CN(C)CCCC(CCN)C(C)(C)C)o1. The quantitative estimate of drug-likeness (QED) is 0.787. The zero-order valence-corrected chi connectivity index (χ0v) is 13.9. The van der Waals surface area contributed by atoms with Crippen LogP contribution in [0.5, 0.6) is 0 Å². The predicted molar refractivity (Wildman–Crippen MR) is 85.6 cm³/mol. The molecule has 0 amide bonds. The van der Waals surface area contributed by atoms with Crippen LogP contribution in [0, 0.1) is 18.3 Å². The summed E-state index contributed by atoms with van der Waals surface area (Å²) in [4.78, 5) is 2.33. The monoisotopic (exact) mass is 280 g/mol. The van der Waals surface area contributed by atoms with Gasteiger partial charge in [0.2, 0.25) is 0 Å². The average molecular weight is 280 g/mol. The summed E-state index contributed by atoms with van der Waals surface area (Å²) in [5.74, 6) is 2.76. The molecular formula is C17H32N2O. The fourth-order valence-corrected chi connectivity index (χ4v) is 2.73. The smallest absolute Gasteiger partial charge is 0.118 e. The van der Waals surface area contributed by atoms with Crippen LogP contribution in [0.3, 0.4) is 0 Å². The lowest BCUT2D eigenvalue weighted by atomic mass is 9.76. The summed E-state index contributed by atoms with van der Waals surface area (Å²) in [6.45, 7) is 11.8. The van der Waals surface area contributed by atoms with Gasteiger partial charge >= 0.3 is 0 Å². The first-order valence-corrected chi connectivity index (χ1v) is 7.77. The van der Waals surface area contributed by atoms with Crippen LogP contribution in [-0.4, -0.2) is 25.0 Å². The van der Waals surface area contributed by atoms with E-state index in [9.17, 15) is 0 Å². The molecule has 1 heterocycles. The topological polar surface area (TPSA) is 42.4 Å². The maximum absolute atomic E-state index is 5.74. The lowest BCUT2D eigenvalue weighted by Crippen LogP contribution is -2.25. The Hall–Kier alpha value is -0.800. The molecule has 0 aromatic carbocycles. The molecule has 0 aliphatic carbocycles. The average Bonchev–Trinajstić information content (AvgIpc) is 2.72. The molecule has 0 saturated carbocycles. The van der Waals surface area contributed by atoms with E-state index in [0.29, 0.717) is 11.3 Å². The van der Waals surface area contributed by atoms with Gasteiger partial charge in [-0.3, -0.25) is 4.90 Å². The highest BCUT2D eigenvalue weighted by Gasteiger charge is 2.23. The highest BCUT2D eigenvalue weighted by atomic mass is 16.3. The summed E-state index contributed by atoms with van der Waals surface area (Å²) < 4.78 is 5.62. The van der Waals surface area contributed by atoms with Crippen LogP contribution in [-0.2, 0) is 6.54 Å². The third-order valence-corrected chi connectivity index (χ3v) is 4.05. The molecule has 3 heteroatoms. The Morgan fingerprint density at radius 3 is 2.45 bits per heavy atom. The normalized spacial score (nSPS) is 13.9. The van der Waals surface area contributed by atoms with Gasteiger partial charge in [0, 0.05) is 0 Å². The Morgan fingerprint density at radius 1 is 1.25 bits per heavy atom. The van der Waals surface area contributed by atoms with Crippen LogP contribution in [0.15, 0.2) is 16.5 Å². The van der Waals surface area contributed by atoms with Crippen molar-refractivity contribution in [2.24, 2.45) is 17.1 Å². The minimum absolute atomic E-state index is 0.357. The largest absolute Gasteiger partial charge is 0.465 e. The molecule has 0 fully saturated rings. The molecule has 1 aromatic heterocycles. The van der Waals surface area contributed by atoms with Crippen molar-refractivity contribution in [1.82, 2.24) is 4.90 Å². The van der Waals surface area contributed by atoms with Crippen molar-refractivity contribution in [2.45, 2.75) is 53.5 Å². The molecule has 116 valence electrons. The summed E-state index contributed by atoms with van der Waals surface area (Å²) in [5.41, 5.74) is 6.10. The zero-order valence-electron chi connectivity index (χ0n) is 13.9. The van der Waals surface area contributed by atoms with Gasteiger partial charge in [0.15, 0.2) is 0 Å². The van der Waals surface area contributed by atoms with Crippen LogP contribution in [0.25, 0.3) is 0 Å². The van der Waals surface area contributed by atoms with E-state index in [1.54, 1.807) is 0 Å². The Kier molecular flexibility index (Phi) is 6.77. The molecule has 0 radical (unpaired) electrons. The molecule has 1 atom stereocenters. The lowest BCUT2D eigenvalue weighted by Gasteiger charge is -2.31. The second-order valence-corrected chi connectivity index (χ2v) is 7.03. The van der Waals surface area contributed by atoms with E-state index in [-0.39, 0.29) is 0 Å². The molecule has 0 aliphatic heterocycles. The van der Waals surface area contributed by atoms with Crippen LogP contribution in [0.2, 0.25) is 0 Å². The molecule has 1 aromatic rings. The number of aryl methyl sites for hydroxylation is 1. The summed E-state index contributed by atoms with van der Waals surface area (Å²) in [7, 11) is 2.16. The van der Waals surface area contributed by atoms with Crippen molar-refractivity contribution in [3.8, 4) is 0 Å². The van der Waals surface area contributed by atoms with Crippen molar-refractivity contribution in [2.75, 3.05) is 20.1 Å². The van der Waals surface area contributed by atoms with Crippen molar-refractivity contribution in [3.05, 3.63) is 23.7 Å². The van der Waals surface area contributed by atoms with E-state index in [1.807, 2.05) is 13.0 Å². The van der Waals surface area contributed by atoms with Crippen LogP contribution in [0.1, 0.15) is 51.6 Å². The highest BCUT2D eigenvalue weighted by Crippen LogP contribution is 2.32. The number of furan rings is 1. The van der Waals surface area contributed by atoms with Gasteiger partial charge in [-0.05, 0) is 69.8 Å². The summed E-state index contributed by atoms with van der Waals surface area (Å²) in [6, 6.07) is 4.10. The van der Waals surface area contributed by atoms with Gasteiger partial charge in [-0.25, -0.2) is 0 Å². The van der Waals surface area contributed by atoms with Gasteiger partial charge < -0.3 is 10.2 Å². The Morgan fingerprint density at radius 2 is 1.95 bits per heavy atom. The van der Waals surface area contributed by atoms with Gasteiger partial charge in [-0.2, -0.15) is 0 Å². The summed E-state index contributed by atoms with van der Waals surface area (Å²) in [6.07, 6.45) is 3.60. The second-order valence-electron chi connectivity index (χ2n) is 7.03.